The van der Waals surface area contributed by atoms with E-state index >= 15 is 0 Å². The Morgan fingerprint density at radius 1 is 0.840 bits per heavy atom. The lowest BCUT2D eigenvalue weighted by Gasteiger charge is -2.17. The highest BCUT2D eigenvalue weighted by atomic mass is 16.6. The van der Waals surface area contributed by atoms with Crippen LogP contribution < -0.4 is 4.74 Å². The molecule has 0 saturated carbocycles. The number of hydrogen-bond donors (Lipinski definition) is 0. The predicted octanol–water partition coefficient (Wildman–Crippen LogP) is 3.82. The van der Waals surface area contributed by atoms with Gasteiger partial charge in [0.2, 0.25) is 12.0 Å². The summed E-state index contributed by atoms with van der Waals surface area (Å²) in [5.74, 6) is -0.00143. The van der Waals surface area contributed by atoms with Gasteiger partial charge in [0.05, 0.1) is 0 Å². The van der Waals surface area contributed by atoms with Crippen LogP contribution in [0, 0.1) is 0 Å². The molecule has 0 N–H and O–H groups in total. The maximum atomic E-state index is 12.6. The number of aromatic nitrogens is 1. The highest BCUT2D eigenvalue weighted by molar-refractivity contribution is 5.75. The average molecular weight is 333 g/mol. The molecule has 0 bridgehead atoms. The van der Waals surface area contributed by atoms with Gasteiger partial charge in [-0.1, -0.05) is 66.7 Å². The number of rotatable bonds is 7. The number of ether oxygens (including phenoxy) is 2. The lowest BCUT2D eigenvalue weighted by Crippen LogP contribution is -2.31. The number of pyridine rings is 1. The van der Waals surface area contributed by atoms with Crippen LogP contribution in [0.1, 0.15) is 11.1 Å². The van der Waals surface area contributed by atoms with Crippen molar-refractivity contribution in [3.63, 3.8) is 0 Å². The van der Waals surface area contributed by atoms with Gasteiger partial charge < -0.3 is 9.47 Å². The minimum Gasteiger partial charge on any atom is -0.462 e. The van der Waals surface area contributed by atoms with Crippen molar-refractivity contribution in [2.45, 2.75) is 19.1 Å². The number of carbonyl (C=O) groups excluding carboxylic acids is 1. The van der Waals surface area contributed by atoms with Gasteiger partial charge in [0.15, 0.2) is 0 Å². The second-order valence-electron chi connectivity index (χ2n) is 5.56. The summed E-state index contributed by atoms with van der Waals surface area (Å²) >= 11 is 0. The molecule has 1 heterocycles. The molecule has 0 saturated heterocycles. The summed E-state index contributed by atoms with van der Waals surface area (Å²) in [6.45, 7) is 0.219. The maximum absolute atomic E-state index is 12.6. The summed E-state index contributed by atoms with van der Waals surface area (Å²) in [7, 11) is 0. The number of esters is 1. The molecule has 3 rings (SSSR count). The summed E-state index contributed by atoms with van der Waals surface area (Å²) in [5, 5.41) is 0. The fourth-order valence-corrected chi connectivity index (χ4v) is 2.39. The normalized spacial score (nSPS) is 11.5. The van der Waals surface area contributed by atoms with Crippen LogP contribution in [-0.2, 0) is 22.6 Å². The predicted molar refractivity (Wildman–Crippen MR) is 95.0 cm³/mol. The molecule has 4 nitrogen and oxygen atoms in total. The van der Waals surface area contributed by atoms with E-state index in [1.807, 2.05) is 66.7 Å². The molecule has 126 valence electrons. The molecule has 0 fully saturated rings. The monoisotopic (exact) mass is 333 g/mol. The minimum atomic E-state index is -0.749. The summed E-state index contributed by atoms with van der Waals surface area (Å²) < 4.78 is 11.2. The van der Waals surface area contributed by atoms with Crippen molar-refractivity contribution in [1.82, 2.24) is 4.98 Å². The van der Waals surface area contributed by atoms with Gasteiger partial charge in [0.1, 0.15) is 6.61 Å². The molecule has 0 amide bonds. The quantitative estimate of drug-likeness (QED) is 0.617. The Morgan fingerprint density at radius 3 is 2.12 bits per heavy atom. The molecular weight excluding hydrogens is 314 g/mol. The Kier molecular flexibility index (Phi) is 5.77. The molecule has 25 heavy (non-hydrogen) atoms. The van der Waals surface area contributed by atoms with Crippen LogP contribution in [-0.4, -0.2) is 17.1 Å². The summed E-state index contributed by atoms with van der Waals surface area (Å²) in [4.78, 5) is 16.7. The second-order valence-corrected chi connectivity index (χ2v) is 5.56. The van der Waals surface area contributed by atoms with E-state index in [-0.39, 0.29) is 6.61 Å². The summed E-state index contributed by atoms with van der Waals surface area (Å²) in [6.07, 6.45) is 1.30. The third-order valence-corrected chi connectivity index (χ3v) is 3.65. The van der Waals surface area contributed by atoms with Crippen LogP contribution in [0.2, 0.25) is 0 Å². The van der Waals surface area contributed by atoms with Crippen LogP contribution in [0.5, 0.6) is 5.88 Å². The molecule has 1 aromatic heterocycles. The standard InChI is InChI=1S/C21H19NO3/c23-21(24-16-18-11-5-2-6-12-18)19(15-17-9-3-1-4-10-17)25-20-13-7-8-14-22-20/h1-14,19H,15-16H2. The first kappa shape index (κ1) is 16.7. The highest BCUT2D eigenvalue weighted by Crippen LogP contribution is 2.13. The average Bonchev–Trinajstić information content (AvgIpc) is 2.68. The molecule has 0 radical (unpaired) electrons. The third-order valence-electron chi connectivity index (χ3n) is 3.65. The zero-order chi connectivity index (χ0) is 17.3. The van der Waals surface area contributed by atoms with Gasteiger partial charge >= 0.3 is 5.97 Å². The zero-order valence-corrected chi connectivity index (χ0v) is 13.7. The lowest BCUT2D eigenvalue weighted by atomic mass is 10.1. The van der Waals surface area contributed by atoms with E-state index in [1.54, 1.807) is 18.3 Å². The van der Waals surface area contributed by atoms with Gasteiger partial charge in [-0.15, -0.1) is 0 Å². The van der Waals surface area contributed by atoms with Gasteiger partial charge in [-0.05, 0) is 17.2 Å². The van der Waals surface area contributed by atoms with Gasteiger partial charge in [0.25, 0.3) is 0 Å². The van der Waals surface area contributed by atoms with Crippen LogP contribution in [0.4, 0.5) is 0 Å². The van der Waals surface area contributed by atoms with E-state index in [2.05, 4.69) is 4.98 Å². The number of carbonyl (C=O) groups is 1. The SMILES string of the molecule is O=C(OCc1ccccc1)C(Cc1ccccc1)Oc1ccccn1. The Morgan fingerprint density at radius 2 is 1.48 bits per heavy atom. The van der Waals surface area contributed by atoms with E-state index in [0.29, 0.717) is 12.3 Å². The van der Waals surface area contributed by atoms with E-state index in [0.717, 1.165) is 11.1 Å². The van der Waals surface area contributed by atoms with Crippen molar-refractivity contribution in [2.75, 3.05) is 0 Å². The molecular formula is C21H19NO3. The third kappa shape index (κ3) is 5.18. The first-order valence-corrected chi connectivity index (χ1v) is 8.13. The van der Waals surface area contributed by atoms with Crippen LogP contribution in [0.15, 0.2) is 85.1 Å². The van der Waals surface area contributed by atoms with Gasteiger partial charge in [-0.2, -0.15) is 0 Å². The van der Waals surface area contributed by atoms with Crippen molar-refractivity contribution in [2.24, 2.45) is 0 Å². The van der Waals surface area contributed by atoms with Crippen molar-refractivity contribution < 1.29 is 14.3 Å². The Bertz CT molecular complexity index is 735. The number of benzene rings is 2. The fraction of sp³-hybridized carbons (Fsp3) is 0.143. The topological polar surface area (TPSA) is 48.4 Å². The number of hydrogen-bond acceptors (Lipinski definition) is 4. The molecule has 4 heteroatoms. The summed E-state index contributed by atoms with van der Waals surface area (Å²) in [5.41, 5.74) is 1.94. The fourth-order valence-electron chi connectivity index (χ4n) is 2.39. The first-order valence-electron chi connectivity index (χ1n) is 8.13. The zero-order valence-electron chi connectivity index (χ0n) is 13.7. The minimum absolute atomic E-state index is 0.219. The van der Waals surface area contributed by atoms with Crippen molar-refractivity contribution in [1.29, 1.82) is 0 Å². The Balaban J connectivity index is 1.69. The molecule has 0 aliphatic rings. The smallest absolute Gasteiger partial charge is 0.348 e. The van der Waals surface area contributed by atoms with Gasteiger partial charge in [-0.3, -0.25) is 0 Å². The highest BCUT2D eigenvalue weighted by Gasteiger charge is 2.23. The van der Waals surface area contributed by atoms with Gasteiger partial charge in [0, 0.05) is 18.7 Å². The second kappa shape index (κ2) is 8.64. The van der Waals surface area contributed by atoms with E-state index in [1.165, 1.54) is 0 Å². The van der Waals surface area contributed by atoms with Gasteiger partial charge in [-0.25, -0.2) is 9.78 Å². The van der Waals surface area contributed by atoms with Crippen molar-refractivity contribution >= 4 is 5.97 Å². The van der Waals surface area contributed by atoms with Crippen LogP contribution >= 0.6 is 0 Å². The Hall–Kier alpha value is -3.14. The van der Waals surface area contributed by atoms with Crippen molar-refractivity contribution in [3.8, 4) is 5.88 Å². The lowest BCUT2D eigenvalue weighted by molar-refractivity contribution is -0.153. The molecule has 1 unspecified atom stereocenters. The molecule has 3 aromatic rings. The molecule has 1 atom stereocenters. The number of nitrogens with zero attached hydrogens (tertiary/aromatic N) is 1. The molecule has 2 aromatic carbocycles. The molecule has 0 spiro atoms. The van der Waals surface area contributed by atoms with E-state index in [9.17, 15) is 4.79 Å². The van der Waals surface area contributed by atoms with Crippen LogP contribution in [0.3, 0.4) is 0 Å². The summed E-state index contributed by atoms with van der Waals surface area (Å²) in [6, 6.07) is 24.6. The van der Waals surface area contributed by atoms with E-state index < -0.39 is 12.1 Å². The first-order chi connectivity index (χ1) is 12.3. The van der Waals surface area contributed by atoms with Crippen molar-refractivity contribution in [3.05, 3.63) is 96.2 Å². The maximum Gasteiger partial charge on any atom is 0.348 e. The van der Waals surface area contributed by atoms with E-state index in [4.69, 9.17) is 9.47 Å². The van der Waals surface area contributed by atoms with Crippen LogP contribution in [0.25, 0.3) is 0 Å². The Labute approximate surface area is 147 Å². The molecule has 0 aliphatic heterocycles. The molecule has 0 aliphatic carbocycles. The largest absolute Gasteiger partial charge is 0.462 e.